The monoisotopic (exact) mass is 522 g/mol. The second-order valence-corrected chi connectivity index (χ2v) is 13.2. The summed E-state index contributed by atoms with van der Waals surface area (Å²) in [7, 11) is -2.95. The third-order valence-electron chi connectivity index (χ3n) is 5.26. The van der Waals surface area contributed by atoms with Crippen LogP contribution in [0.3, 0.4) is 0 Å². The number of alkyl halides is 2. The summed E-state index contributed by atoms with van der Waals surface area (Å²) < 4.78 is 59.7. The van der Waals surface area contributed by atoms with Crippen LogP contribution in [-0.2, 0) is 4.57 Å². The molecule has 0 saturated heterocycles. The molecule has 0 aliphatic carbocycles. The number of amides is 1. The van der Waals surface area contributed by atoms with Crippen LogP contribution < -0.4 is 20.7 Å². The van der Waals surface area contributed by atoms with Crippen LogP contribution in [0, 0.1) is 12.7 Å². The molecule has 7 nitrogen and oxygen atoms in total. The third kappa shape index (κ3) is 6.35. The van der Waals surface area contributed by atoms with Gasteiger partial charge in [0.15, 0.2) is 0 Å². The van der Waals surface area contributed by atoms with Crippen LogP contribution >= 0.6 is 7.14 Å². The van der Waals surface area contributed by atoms with Gasteiger partial charge in [-0.15, -0.1) is 0 Å². The molecule has 0 unspecified atom stereocenters. The van der Waals surface area contributed by atoms with Crippen LogP contribution in [0.5, 0.6) is 5.75 Å². The first-order valence-electron chi connectivity index (χ1n) is 11.3. The second kappa shape index (κ2) is 10.1. The smallest absolute Gasteiger partial charge is 0.409 e. The predicted octanol–water partition coefficient (Wildman–Crippen LogP) is 6.32. The van der Waals surface area contributed by atoms with Crippen molar-refractivity contribution in [1.82, 2.24) is 15.3 Å². The van der Waals surface area contributed by atoms with Crippen LogP contribution in [0.25, 0.3) is 10.9 Å². The molecule has 2 N–H and O–H groups in total. The van der Waals surface area contributed by atoms with E-state index < -0.39 is 42.6 Å². The van der Waals surface area contributed by atoms with Crippen molar-refractivity contribution >= 4 is 35.3 Å². The van der Waals surface area contributed by atoms with Crippen molar-refractivity contribution in [3.63, 3.8) is 0 Å². The summed E-state index contributed by atoms with van der Waals surface area (Å²) in [4.78, 5) is 21.3. The highest BCUT2D eigenvalue weighted by molar-refractivity contribution is 7.70. The molecule has 1 aromatic heterocycles. The Bertz CT molecular complexity index is 1350. The van der Waals surface area contributed by atoms with Crippen molar-refractivity contribution in [3.8, 4) is 5.75 Å². The fourth-order valence-electron chi connectivity index (χ4n) is 3.66. The summed E-state index contributed by atoms with van der Waals surface area (Å²) in [6.45, 7) is 11.8. The topological polar surface area (TPSA) is 93.2 Å². The van der Waals surface area contributed by atoms with Gasteiger partial charge in [-0.2, -0.15) is 0 Å². The van der Waals surface area contributed by atoms with Crippen LogP contribution in [0.1, 0.15) is 57.1 Å². The van der Waals surface area contributed by atoms with Gasteiger partial charge in [0.05, 0.1) is 22.4 Å². The van der Waals surface area contributed by atoms with E-state index in [4.69, 9.17) is 4.74 Å². The van der Waals surface area contributed by atoms with Crippen molar-refractivity contribution in [2.45, 2.75) is 52.6 Å². The molecule has 0 aliphatic rings. The van der Waals surface area contributed by atoms with Crippen molar-refractivity contribution in [3.05, 3.63) is 53.1 Å². The van der Waals surface area contributed by atoms with Gasteiger partial charge in [0, 0.05) is 22.6 Å². The summed E-state index contributed by atoms with van der Waals surface area (Å²) in [5.41, 5.74) is -0.776. The zero-order valence-corrected chi connectivity index (χ0v) is 22.1. The number of ether oxygens (including phenoxy) is 1. The Balaban J connectivity index is 2.09. The lowest BCUT2D eigenvalue weighted by Gasteiger charge is -2.22. The van der Waals surface area contributed by atoms with Crippen molar-refractivity contribution in [2.24, 2.45) is 0 Å². The highest BCUT2D eigenvalue weighted by Crippen LogP contribution is 2.41. The maximum absolute atomic E-state index is 14.7. The fraction of sp³-hybridized carbons (Fsp3) is 0.400. The molecule has 2 aromatic carbocycles. The molecule has 1 heterocycles. The van der Waals surface area contributed by atoms with Gasteiger partial charge >= 0.3 is 6.09 Å². The maximum atomic E-state index is 14.7. The average Bonchev–Trinajstić information content (AvgIpc) is 2.70. The lowest BCUT2D eigenvalue weighted by atomic mass is 10.0. The van der Waals surface area contributed by atoms with Gasteiger partial charge in [-0.25, -0.2) is 27.9 Å². The van der Waals surface area contributed by atoms with Crippen molar-refractivity contribution < 1.29 is 27.3 Å². The molecule has 3 aromatic rings. The number of fused-ring (bicyclic) bond motifs is 1. The van der Waals surface area contributed by atoms with E-state index in [1.165, 1.54) is 18.2 Å². The Morgan fingerprint density at radius 1 is 1.11 bits per heavy atom. The summed E-state index contributed by atoms with van der Waals surface area (Å²) in [5, 5.41) is 6.53. The maximum Gasteiger partial charge on any atom is 0.413 e. The van der Waals surface area contributed by atoms with Crippen molar-refractivity contribution in [2.75, 3.05) is 18.6 Å². The summed E-state index contributed by atoms with van der Waals surface area (Å²) in [6.07, 6.45) is -3.65. The van der Waals surface area contributed by atoms with Gasteiger partial charge in [0.2, 0.25) is 0 Å². The Labute approximate surface area is 208 Å². The van der Waals surface area contributed by atoms with Crippen LogP contribution in [0.15, 0.2) is 30.3 Å². The predicted molar refractivity (Wildman–Crippen MR) is 136 cm³/mol. The van der Waals surface area contributed by atoms with E-state index >= 15 is 0 Å². The number of aryl methyl sites for hydroxylation is 1. The second-order valence-electron chi connectivity index (χ2n) is 9.99. The van der Waals surface area contributed by atoms with E-state index in [0.717, 1.165) is 6.07 Å². The van der Waals surface area contributed by atoms with Crippen LogP contribution in [0.2, 0.25) is 0 Å². The molecule has 36 heavy (non-hydrogen) atoms. The third-order valence-corrected chi connectivity index (χ3v) is 6.77. The minimum absolute atomic E-state index is 0.0490. The number of aromatic nitrogens is 2. The number of nitrogens with zero attached hydrogens (tertiary/aromatic N) is 2. The molecule has 0 radical (unpaired) electrons. The van der Waals surface area contributed by atoms with E-state index in [1.54, 1.807) is 54.0 Å². The number of hydrogen-bond donors (Lipinski definition) is 2. The zero-order valence-electron chi connectivity index (χ0n) is 21.2. The summed E-state index contributed by atoms with van der Waals surface area (Å²) in [6, 6.07) is 6.20. The molecule has 194 valence electrons. The standard InChI is InChI=1S/C25H30F3N4O3P/c1-13(15-9-8-10-16(21(15)26)22(27)28)29-23-17-11-20(36(6,7)34)19(12-18(17)30-14(2)31-23)35-24(33)32-25(3,4)5/h8-13,22H,1-7H3,(H,32,33)(H,29,30,31)/t13-/m1/s1. The van der Waals surface area contributed by atoms with Gasteiger partial charge in [0.1, 0.15) is 30.4 Å². The summed E-state index contributed by atoms with van der Waals surface area (Å²) in [5.74, 6) is -0.221. The number of hydrogen-bond acceptors (Lipinski definition) is 6. The number of carbonyl (C=O) groups excluding carboxylic acids is 1. The Hall–Kier alpha value is -3.13. The van der Waals surface area contributed by atoms with Gasteiger partial charge < -0.3 is 19.9 Å². The molecule has 0 bridgehead atoms. The number of carbonyl (C=O) groups is 1. The SMILES string of the molecule is Cc1nc(N[C@H](C)c2cccc(C(F)F)c2F)c2cc(P(C)(C)=O)c(OC(=O)NC(C)(C)C)cc2n1. The highest BCUT2D eigenvalue weighted by Gasteiger charge is 2.25. The zero-order chi connectivity index (χ0) is 27.0. The Morgan fingerprint density at radius 3 is 2.33 bits per heavy atom. The fourth-order valence-corrected chi connectivity index (χ4v) is 4.74. The number of nitrogens with one attached hydrogen (secondary N) is 2. The number of halogens is 3. The average molecular weight is 523 g/mol. The van der Waals surface area contributed by atoms with Gasteiger partial charge in [-0.1, -0.05) is 18.2 Å². The minimum atomic E-state index is -2.95. The molecule has 11 heteroatoms. The molecule has 3 rings (SSSR count). The normalized spacial score (nSPS) is 13.1. The first-order chi connectivity index (χ1) is 16.6. The number of benzene rings is 2. The highest BCUT2D eigenvalue weighted by atomic mass is 31.2. The van der Waals surface area contributed by atoms with E-state index in [1.807, 2.05) is 0 Å². The van der Waals surface area contributed by atoms with Crippen LogP contribution in [-0.4, -0.2) is 34.9 Å². The van der Waals surface area contributed by atoms with E-state index in [9.17, 15) is 22.5 Å². The first-order valence-corrected chi connectivity index (χ1v) is 13.9. The number of anilines is 1. The molecule has 1 amide bonds. The van der Waals surface area contributed by atoms with Crippen molar-refractivity contribution in [1.29, 1.82) is 0 Å². The molecular weight excluding hydrogens is 492 g/mol. The lowest BCUT2D eigenvalue weighted by molar-refractivity contribution is 0.146. The van der Waals surface area contributed by atoms with Crippen LogP contribution in [0.4, 0.5) is 23.8 Å². The first kappa shape index (κ1) is 27.5. The molecule has 0 spiro atoms. The minimum Gasteiger partial charge on any atom is -0.409 e. The van der Waals surface area contributed by atoms with Gasteiger partial charge in [0.25, 0.3) is 6.43 Å². The largest absolute Gasteiger partial charge is 0.413 e. The Kier molecular flexibility index (Phi) is 7.69. The lowest BCUT2D eigenvalue weighted by Crippen LogP contribution is -2.42. The molecule has 0 saturated carbocycles. The molecule has 1 atom stereocenters. The van der Waals surface area contributed by atoms with Gasteiger partial charge in [-0.05, 0) is 54.0 Å². The van der Waals surface area contributed by atoms with E-state index in [2.05, 4.69) is 20.6 Å². The van der Waals surface area contributed by atoms with E-state index in [-0.39, 0.29) is 11.3 Å². The summed E-state index contributed by atoms with van der Waals surface area (Å²) >= 11 is 0. The molecule has 0 fully saturated rings. The van der Waals surface area contributed by atoms with E-state index in [0.29, 0.717) is 27.8 Å². The number of rotatable bonds is 6. The molecular formula is C25H30F3N4O3P. The van der Waals surface area contributed by atoms with Gasteiger partial charge in [-0.3, -0.25) is 0 Å². The Morgan fingerprint density at radius 2 is 1.75 bits per heavy atom. The quantitative estimate of drug-likeness (QED) is 0.368. The molecule has 0 aliphatic heterocycles.